The largest absolute Gasteiger partial charge is 0.497 e. The van der Waals surface area contributed by atoms with E-state index in [1.807, 2.05) is 29.2 Å². The highest BCUT2D eigenvalue weighted by atomic mass is 16.5. The number of rotatable bonds is 5. The van der Waals surface area contributed by atoms with E-state index in [0.717, 1.165) is 17.7 Å². The SMILES string of the molecule is COCCN1C(=O)CCC(N)C1c1ccc(OC)cc1. The molecule has 5 nitrogen and oxygen atoms in total. The van der Waals surface area contributed by atoms with Crippen molar-refractivity contribution in [3.8, 4) is 5.75 Å². The fourth-order valence-electron chi connectivity index (χ4n) is 2.66. The number of ether oxygens (including phenoxy) is 2. The molecule has 1 aliphatic heterocycles. The maximum absolute atomic E-state index is 12.1. The molecule has 1 fully saturated rings. The van der Waals surface area contributed by atoms with E-state index in [4.69, 9.17) is 15.2 Å². The maximum Gasteiger partial charge on any atom is 0.223 e. The zero-order valence-electron chi connectivity index (χ0n) is 12.0. The third kappa shape index (κ3) is 3.11. The van der Waals surface area contributed by atoms with Gasteiger partial charge in [-0.3, -0.25) is 4.79 Å². The average molecular weight is 278 g/mol. The summed E-state index contributed by atoms with van der Waals surface area (Å²) in [4.78, 5) is 14.0. The second-order valence-electron chi connectivity index (χ2n) is 5.00. The van der Waals surface area contributed by atoms with Crippen molar-refractivity contribution in [3.05, 3.63) is 29.8 Å². The van der Waals surface area contributed by atoms with Gasteiger partial charge in [0.15, 0.2) is 0 Å². The molecular weight excluding hydrogens is 256 g/mol. The zero-order chi connectivity index (χ0) is 14.5. The van der Waals surface area contributed by atoms with Crippen molar-refractivity contribution in [3.63, 3.8) is 0 Å². The molecule has 2 atom stereocenters. The van der Waals surface area contributed by atoms with Gasteiger partial charge in [-0.1, -0.05) is 12.1 Å². The summed E-state index contributed by atoms with van der Waals surface area (Å²) in [6, 6.07) is 7.62. The molecule has 0 spiro atoms. The first-order valence-corrected chi connectivity index (χ1v) is 6.85. The number of hydrogen-bond acceptors (Lipinski definition) is 4. The molecule has 1 saturated heterocycles. The smallest absolute Gasteiger partial charge is 0.223 e. The molecule has 0 saturated carbocycles. The number of piperidine rings is 1. The number of nitrogens with two attached hydrogens (primary N) is 1. The predicted molar refractivity (Wildman–Crippen MR) is 76.5 cm³/mol. The van der Waals surface area contributed by atoms with E-state index >= 15 is 0 Å². The first-order valence-electron chi connectivity index (χ1n) is 6.85. The van der Waals surface area contributed by atoms with Gasteiger partial charge in [-0.05, 0) is 24.1 Å². The van der Waals surface area contributed by atoms with Crippen molar-refractivity contribution < 1.29 is 14.3 Å². The third-order valence-corrected chi connectivity index (χ3v) is 3.75. The summed E-state index contributed by atoms with van der Waals surface area (Å²) < 4.78 is 10.3. The summed E-state index contributed by atoms with van der Waals surface area (Å²) in [6.45, 7) is 1.09. The van der Waals surface area contributed by atoms with Gasteiger partial charge in [0.2, 0.25) is 5.91 Å². The normalized spacial score (nSPS) is 22.9. The minimum absolute atomic E-state index is 0.0436. The summed E-state index contributed by atoms with van der Waals surface area (Å²) in [7, 11) is 3.27. The zero-order valence-corrected chi connectivity index (χ0v) is 12.0. The minimum atomic E-state index is -0.0858. The fraction of sp³-hybridized carbons (Fsp3) is 0.533. The molecule has 2 N–H and O–H groups in total. The van der Waals surface area contributed by atoms with Crippen LogP contribution in [0.4, 0.5) is 0 Å². The Hall–Kier alpha value is -1.59. The predicted octanol–water partition coefficient (Wildman–Crippen LogP) is 1.33. The molecule has 1 amide bonds. The fourth-order valence-corrected chi connectivity index (χ4v) is 2.66. The lowest BCUT2D eigenvalue weighted by Crippen LogP contribution is -2.49. The first-order chi connectivity index (χ1) is 9.67. The van der Waals surface area contributed by atoms with Gasteiger partial charge in [0.1, 0.15) is 5.75 Å². The van der Waals surface area contributed by atoms with E-state index in [1.54, 1.807) is 14.2 Å². The second kappa shape index (κ2) is 6.72. The maximum atomic E-state index is 12.1. The second-order valence-corrected chi connectivity index (χ2v) is 5.00. The van der Waals surface area contributed by atoms with Gasteiger partial charge in [-0.15, -0.1) is 0 Å². The molecule has 0 aliphatic carbocycles. The van der Waals surface area contributed by atoms with Crippen molar-refractivity contribution in [2.24, 2.45) is 5.73 Å². The number of hydrogen-bond donors (Lipinski definition) is 1. The van der Waals surface area contributed by atoms with Gasteiger partial charge in [-0.25, -0.2) is 0 Å². The van der Waals surface area contributed by atoms with Crippen LogP contribution in [0.15, 0.2) is 24.3 Å². The molecule has 110 valence electrons. The summed E-state index contributed by atoms with van der Waals surface area (Å²) in [5.74, 6) is 0.942. The molecule has 0 radical (unpaired) electrons. The molecule has 0 bridgehead atoms. The van der Waals surface area contributed by atoms with Crippen LogP contribution in [-0.4, -0.2) is 44.2 Å². The van der Waals surface area contributed by atoms with Gasteiger partial charge >= 0.3 is 0 Å². The molecule has 5 heteroatoms. The van der Waals surface area contributed by atoms with Crippen LogP contribution in [-0.2, 0) is 9.53 Å². The standard InChI is InChI=1S/C15H22N2O3/c1-19-10-9-17-14(18)8-7-13(16)15(17)11-3-5-12(20-2)6-4-11/h3-6,13,15H,7-10,16H2,1-2H3. The first kappa shape index (κ1) is 14.8. The highest BCUT2D eigenvalue weighted by Crippen LogP contribution is 2.31. The van der Waals surface area contributed by atoms with E-state index in [-0.39, 0.29) is 18.0 Å². The summed E-state index contributed by atoms with van der Waals surface area (Å²) in [5.41, 5.74) is 7.28. The Bertz CT molecular complexity index is 447. The number of methoxy groups -OCH3 is 2. The van der Waals surface area contributed by atoms with Crippen LogP contribution < -0.4 is 10.5 Å². The topological polar surface area (TPSA) is 64.8 Å². The minimum Gasteiger partial charge on any atom is -0.497 e. The lowest BCUT2D eigenvalue weighted by molar-refractivity contribution is -0.138. The Kier molecular flexibility index (Phi) is 4.98. The number of nitrogens with zero attached hydrogens (tertiary/aromatic N) is 1. The van der Waals surface area contributed by atoms with Crippen LogP contribution in [0.25, 0.3) is 0 Å². The van der Waals surface area contributed by atoms with E-state index in [9.17, 15) is 4.79 Å². The van der Waals surface area contributed by atoms with Crippen molar-refractivity contribution in [1.82, 2.24) is 4.90 Å². The molecule has 2 rings (SSSR count). The molecule has 1 aliphatic rings. The van der Waals surface area contributed by atoms with Crippen molar-refractivity contribution >= 4 is 5.91 Å². The van der Waals surface area contributed by atoms with Crippen molar-refractivity contribution in [2.45, 2.75) is 24.9 Å². The molecule has 20 heavy (non-hydrogen) atoms. The summed E-state index contributed by atoms with van der Waals surface area (Å²) in [6.07, 6.45) is 1.23. The summed E-state index contributed by atoms with van der Waals surface area (Å²) >= 11 is 0. The molecule has 2 unspecified atom stereocenters. The molecule has 1 aromatic carbocycles. The Morgan fingerprint density at radius 3 is 2.60 bits per heavy atom. The Labute approximate surface area is 119 Å². The van der Waals surface area contributed by atoms with Gasteiger partial charge < -0.3 is 20.1 Å². The number of amides is 1. The average Bonchev–Trinajstić information content (AvgIpc) is 2.48. The van der Waals surface area contributed by atoms with Gasteiger partial charge in [0, 0.05) is 26.1 Å². The van der Waals surface area contributed by atoms with E-state index in [0.29, 0.717) is 19.6 Å². The van der Waals surface area contributed by atoms with Crippen LogP contribution in [0.1, 0.15) is 24.4 Å². The Balaban J connectivity index is 2.24. The highest BCUT2D eigenvalue weighted by molar-refractivity contribution is 5.78. The van der Waals surface area contributed by atoms with E-state index in [2.05, 4.69) is 0 Å². The van der Waals surface area contributed by atoms with Gasteiger partial charge in [0.05, 0.1) is 19.8 Å². The molecule has 0 aromatic heterocycles. The molecule has 1 heterocycles. The van der Waals surface area contributed by atoms with Crippen LogP contribution in [0.5, 0.6) is 5.75 Å². The van der Waals surface area contributed by atoms with Gasteiger partial charge in [0.25, 0.3) is 0 Å². The van der Waals surface area contributed by atoms with Crippen molar-refractivity contribution in [2.75, 3.05) is 27.4 Å². The Morgan fingerprint density at radius 2 is 2.00 bits per heavy atom. The Morgan fingerprint density at radius 1 is 1.30 bits per heavy atom. The van der Waals surface area contributed by atoms with Gasteiger partial charge in [-0.2, -0.15) is 0 Å². The summed E-state index contributed by atoms with van der Waals surface area (Å²) in [5, 5.41) is 0. The van der Waals surface area contributed by atoms with Crippen LogP contribution >= 0.6 is 0 Å². The van der Waals surface area contributed by atoms with Crippen molar-refractivity contribution in [1.29, 1.82) is 0 Å². The number of carbonyl (C=O) groups is 1. The quantitative estimate of drug-likeness (QED) is 0.882. The van der Waals surface area contributed by atoms with Crippen LogP contribution in [0.3, 0.4) is 0 Å². The lowest BCUT2D eigenvalue weighted by atomic mass is 9.90. The highest BCUT2D eigenvalue weighted by Gasteiger charge is 2.34. The third-order valence-electron chi connectivity index (χ3n) is 3.75. The van der Waals surface area contributed by atoms with Crippen LogP contribution in [0, 0.1) is 0 Å². The lowest BCUT2D eigenvalue weighted by Gasteiger charge is -2.40. The number of likely N-dealkylation sites (tertiary alicyclic amines) is 1. The number of carbonyl (C=O) groups excluding carboxylic acids is 1. The van der Waals surface area contributed by atoms with E-state index in [1.165, 1.54) is 0 Å². The molecule has 1 aromatic rings. The van der Waals surface area contributed by atoms with Crippen LogP contribution in [0.2, 0.25) is 0 Å². The van der Waals surface area contributed by atoms with E-state index < -0.39 is 0 Å². The number of benzene rings is 1. The molecular formula is C15H22N2O3. The monoisotopic (exact) mass is 278 g/mol.